The molecule has 112 valence electrons. The van der Waals surface area contributed by atoms with E-state index in [9.17, 15) is 10.1 Å². The zero-order valence-electron chi connectivity index (χ0n) is 12.3. The van der Waals surface area contributed by atoms with Crippen molar-refractivity contribution in [3.63, 3.8) is 0 Å². The van der Waals surface area contributed by atoms with Crippen LogP contribution in [0.15, 0.2) is 0 Å². The van der Waals surface area contributed by atoms with Gasteiger partial charge in [0, 0.05) is 25.1 Å². The Morgan fingerprint density at radius 3 is 2.95 bits per heavy atom. The Kier molecular flexibility index (Phi) is 4.59. The second-order valence-corrected chi connectivity index (χ2v) is 5.32. The van der Waals surface area contributed by atoms with Gasteiger partial charge in [-0.2, -0.15) is 5.10 Å². The molecule has 1 fully saturated rings. The van der Waals surface area contributed by atoms with E-state index in [1.165, 1.54) is 0 Å². The first kappa shape index (κ1) is 14.8. The highest BCUT2D eigenvalue weighted by Crippen LogP contribution is 2.30. The summed E-state index contributed by atoms with van der Waals surface area (Å²) in [4.78, 5) is 10.9. The quantitative estimate of drug-likeness (QED) is 0.639. The van der Waals surface area contributed by atoms with E-state index < -0.39 is 0 Å². The fraction of sp³-hybridized carbons (Fsp3) is 0.769. The molecule has 0 amide bonds. The van der Waals surface area contributed by atoms with Gasteiger partial charge in [0.1, 0.15) is 5.69 Å². The fourth-order valence-electron chi connectivity index (χ4n) is 2.59. The highest BCUT2D eigenvalue weighted by atomic mass is 16.6. The third kappa shape index (κ3) is 2.92. The van der Waals surface area contributed by atoms with Crippen molar-refractivity contribution in [2.75, 3.05) is 18.5 Å². The molecule has 2 rings (SSSR count). The zero-order valence-corrected chi connectivity index (χ0v) is 12.3. The predicted molar refractivity (Wildman–Crippen MR) is 75.9 cm³/mol. The van der Waals surface area contributed by atoms with E-state index in [1.54, 1.807) is 11.6 Å². The molecule has 7 heteroatoms. The van der Waals surface area contributed by atoms with Crippen molar-refractivity contribution >= 4 is 11.5 Å². The SMILES string of the molecule is CCCn1nc(C)c([N+](=O)[O-])c1NC(C)C1CCOC1. The Hall–Kier alpha value is -1.63. The van der Waals surface area contributed by atoms with Crippen LogP contribution in [0.4, 0.5) is 11.5 Å². The third-order valence-corrected chi connectivity index (χ3v) is 3.75. The molecule has 2 atom stereocenters. The minimum atomic E-state index is -0.352. The molecule has 0 bridgehead atoms. The Bertz CT molecular complexity index is 480. The Morgan fingerprint density at radius 1 is 1.65 bits per heavy atom. The van der Waals surface area contributed by atoms with Gasteiger partial charge in [0.25, 0.3) is 0 Å². The minimum Gasteiger partial charge on any atom is -0.381 e. The first-order chi connectivity index (χ1) is 9.54. The number of hydrogen-bond acceptors (Lipinski definition) is 5. The molecule has 0 radical (unpaired) electrons. The molecule has 0 aromatic carbocycles. The number of aryl methyl sites for hydroxylation is 2. The Morgan fingerprint density at radius 2 is 2.40 bits per heavy atom. The average molecular weight is 282 g/mol. The minimum absolute atomic E-state index is 0.0872. The van der Waals surface area contributed by atoms with Gasteiger partial charge in [0.15, 0.2) is 0 Å². The van der Waals surface area contributed by atoms with E-state index in [0.717, 1.165) is 19.4 Å². The Balaban J connectivity index is 2.25. The van der Waals surface area contributed by atoms with Gasteiger partial charge in [-0.05, 0) is 26.7 Å². The van der Waals surface area contributed by atoms with Gasteiger partial charge in [-0.25, -0.2) is 4.68 Å². The number of aromatic nitrogens is 2. The molecule has 0 spiro atoms. The molecular weight excluding hydrogens is 260 g/mol. The summed E-state index contributed by atoms with van der Waals surface area (Å²) in [5, 5.41) is 18.8. The van der Waals surface area contributed by atoms with Crippen LogP contribution in [-0.4, -0.2) is 34.0 Å². The molecule has 1 aromatic heterocycles. The maximum absolute atomic E-state index is 11.3. The molecular formula is C13H22N4O3. The van der Waals surface area contributed by atoms with Crippen LogP contribution in [0.2, 0.25) is 0 Å². The van der Waals surface area contributed by atoms with Gasteiger partial charge in [-0.3, -0.25) is 10.1 Å². The second-order valence-electron chi connectivity index (χ2n) is 5.32. The lowest BCUT2D eigenvalue weighted by Gasteiger charge is -2.20. The molecule has 20 heavy (non-hydrogen) atoms. The van der Waals surface area contributed by atoms with Crippen molar-refractivity contribution in [2.45, 2.75) is 46.2 Å². The Labute approximate surface area is 118 Å². The summed E-state index contributed by atoms with van der Waals surface area (Å²) in [7, 11) is 0. The molecule has 1 aliphatic rings. The van der Waals surface area contributed by atoms with Crippen LogP contribution in [-0.2, 0) is 11.3 Å². The maximum atomic E-state index is 11.3. The van der Waals surface area contributed by atoms with Crippen molar-refractivity contribution in [3.8, 4) is 0 Å². The molecule has 1 saturated heterocycles. The van der Waals surface area contributed by atoms with E-state index in [0.29, 0.717) is 30.6 Å². The highest BCUT2D eigenvalue weighted by Gasteiger charge is 2.29. The van der Waals surface area contributed by atoms with Crippen molar-refractivity contribution in [1.29, 1.82) is 0 Å². The zero-order chi connectivity index (χ0) is 14.7. The van der Waals surface area contributed by atoms with E-state index in [4.69, 9.17) is 4.74 Å². The van der Waals surface area contributed by atoms with Gasteiger partial charge >= 0.3 is 5.69 Å². The van der Waals surface area contributed by atoms with Crippen molar-refractivity contribution in [3.05, 3.63) is 15.8 Å². The summed E-state index contributed by atoms with van der Waals surface area (Å²) < 4.78 is 7.09. The fourth-order valence-corrected chi connectivity index (χ4v) is 2.59. The molecule has 0 aliphatic carbocycles. The van der Waals surface area contributed by atoms with Gasteiger partial charge in [-0.1, -0.05) is 6.92 Å². The van der Waals surface area contributed by atoms with Crippen LogP contribution in [0.25, 0.3) is 0 Å². The summed E-state index contributed by atoms with van der Waals surface area (Å²) in [5.74, 6) is 0.911. The average Bonchev–Trinajstić information content (AvgIpc) is 2.98. The number of nitrogens with zero attached hydrogens (tertiary/aromatic N) is 3. The van der Waals surface area contributed by atoms with Gasteiger partial charge in [0.05, 0.1) is 11.5 Å². The number of anilines is 1. The molecule has 2 unspecified atom stereocenters. The summed E-state index contributed by atoms with van der Waals surface area (Å²) in [5.41, 5.74) is 0.546. The van der Waals surface area contributed by atoms with Crippen molar-refractivity contribution in [2.24, 2.45) is 5.92 Å². The van der Waals surface area contributed by atoms with E-state index in [1.807, 2.05) is 13.8 Å². The lowest BCUT2D eigenvalue weighted by Crippen LogP contribution is -2.27. The standard InChI is InChI=1S/C13H22N4O3/c1-4-6-16-13(12(17(18)19)10(3)15-16)14-9(2)11-5-7-20-8-11/h9,11,14H,4-8H2,1-3H3. The lowest BCUT2D eigenvalue weighted by molar-refractivity contribution is -0.384. The molecule has 1 N–H and O–H groups in total. The number of ether oxygens (including phenoxy) is 1. The van der Waals surface area contributed by atoms with Gasteiger partial charge in [-0.15, -0.1) is 0 Å². The smallest absolute Gasteiger partial charge is 0.333 e. The van der Waals surface area contributed by atoms with E-state index >= 15 is 0 Å². The van der Waals surface area contributed by atoms with Gasteiger partial charge < -0.3 is 10.1 Å². The van der Waals surface area contributed by atoms with Crippen molar-refractivity contribution < 1.29 is 9.66 Å². The first-order valence-electron chi connectivity index (χ1n) is 7.10. The lowest BCUT2D eigenvalue weighted by atomic mass is 10.0. The largest absolute Gasteiger partial charge is 0.381 e. The number of nitro groups is 1. The molecule has 0 saturated carbocycles. The van der Waals surface area contributed by atoms with Gasteiger partial charge in [0.2, 0.25) is 5.82 Å². The second kappa shape index (κ2) is 6.21. The summed E-state index contributed by atoms with van der Waals surface area (Å²) in [6.45, 7) is 7.90. The topological polar surface area (TPSA) is 82.2 Å². The summed E-state index contributed by atoms with van der Waals surface area (Å²) in [6, 6.07) is 0.128. The third-order valence-electron chi connectivity index (χ3n) is 3.75. The van der Waals surface area contributed by atoms with Crippen molar-refractivity contribution in [1.82, 2.24) is 9.78 Å². The van der Waals surface area contributed by atoms with Crippen LogP contribution >= 0.6 is 0 Å². The number of nitrogens with one attached hydrogen (secondary N) is 1. The predicted octanol–water partition coefficient (Wildman–Crippen LogP) is 2.35. The normalized spacial score (nSPS) is 20.1. The number of hydrogen-bond donors (Lipinski definition) is 1. The highest BCUT2D eigenvalue weighted by molar-refractivity contribution is 5.60. The first-order valence-corrected chi connectivity index (χ1v) is 7.10. The molecule has 2 heterocycles. The number of rotatable bonds is 6. The van der Waals surface area contributed by atoms with E-state index in [-0.39, 0.29) is 16.7 Å². The van der Waals surface area contributed by atoms with Crippen LogP contribution in [0, 0.1) is 23.0 Å². The van der Waals surface area contributed by atoms with Crippen LogP contribution < -0.4 is 5.32 Å². The maximum Gasteiger partial charge on any atom is 0.333 e. The molecule has 7 nitrogen and oxygen atoms in total. The van der Waals surface area contributed by atoms with Crippen LogP contribution in [0.3, 0.4) is 0 Å². The monoisotopic (exact) mass is 282 g/mol. The van der Waals surface area contributed by atoms with Crippen LogP contribution in [0.1, 0.15) is 32.4 Å². The summed E-state index contributed by atoms with van der Waals surface area (Å²) >= 11 is 0. The van der Waals surface area contributed by atoms with Crippen LogP contribution in [0.5, 0.6) is 0 Å². The molecule has 1 aliphatic heterocycles. The van der Waals surface area contributed by atoms with E-state index in [2.05, 4.69) is 10.4 Å². The molecule has 1 aromatic rings. The summed E-state index contributed by atoms with van der Waals surface area (Å²) in [6.07, 6.45) is 1.87.